The molecule has 1 aliphatic heterocycles. The van der Waals surface area contributed by atoms with E-state index in [2.05, 4.69) is 74.5 Å². The monoisotopic (exact) mass is 663 g/mol. The van der Waals surface area contributed by atoms with Crippen LogP contribution in [-0.4, -0.2) is 12.8 Å². The SMILES string of the molecule is Cc1ccccc1-c1ccc(-c2cc3c4ccccc4c(=O)n4c5ccc(-c6ccc7c(c6)S(=O)(=O)c6ccccc6-7)cc5c(c2)c34)cc1C. The zero-order chi connectivity index (χ0) is 33.9. The number of rotatable bonds is 3. The lowest BCUT2D eigenvalue weighted by Gasteiger charge is -2.13. The third kappa shape index (κ3) is 3.92. The summed E-state index contributed by atoms with van der Waals surface area (Å²) in [6.07, 6.45) is 0. The van der Waals surface area contributed by atoms with Crippen molar-refractivity contribution in [3.8, 4) is 44.5 Å². The Hall–Kier alpha value is -6.04. The molecule has 4 nitrogen and oxygen atoms in total. The molecule has 238 valence electrons. The number of aromatic nitrogens is 1. The fraction of sp³-hybridized carbons (Fsp3) is 0.0444. The third-order valence-corrected chi connectivity index (χ3v) is 12.4. The maximum Gasteiger partial charge on any atom is 0.263 e. The van der Waals surface area contributed by atoms with Gasteiger partial charge in [0.1, 0.15) is 0 Å². The summed E-state index contributed by atoms with van der Waals surface area (Å²) in [6, 6.07) is 46.3. The van der Waals surface area contributed by atoms with Gasteiger partial charge in [-0.15, -0.1) is 0 Å². The van der Waals surface area contributed by atoms with Gasteiger partial charge in [0.15, 0.2) is 0 Å². The van der Waals surface area contributed by atoms with Gasteiger partial charge in [0.2, 0.25) is 9.84 Å². The van der Waals surface area contributed by atoms with Crippen molar-refractivity contribution in [2.45, 2.75) is 23.6 Å². The summed E-state index contributed by atoms with van der Waals surface area (Å²) in [5, 5.41) is 4.55. The van der Waals surface area contributed by atoms with E-state index in [0.717, 1.165) is 66.0 Å². The van der Waals surface area contributed by atoms with E-state index < -0.39 is 9.84 Å². The van der Waals surface area contributed by atoms with Gasteiger partial charge < -0.3 is 0 Å². The topological polar surface area (TPSA) is 55.6 Å². The first-order valence-corrected chi connectivity index (χ1v) is 18.2. The first-order chi connectivity index (χ1) is 24.3. The molecule has 1 aliphatic rings. The van der Waals surface area contributed by atoms with E-state index in [-0.39, 0.29) is 5.56 Å². The number of benzene rings is 7. The predicted octanol–water partition coefficient (Wildman–Crippen LogP) is 10.6. The standard InChI is InChI=1S/C45H29NO3S/c1-26-9-3-4-10-32(26)33-18-15-28(21-27(33)2)31-23-39-34-11-5-6-13-37(34)45(47)46-41-20-17-29(22-38(41)40(24-31)44(39)46)30-16-19-36-35-12-7-8-14-42(35)50(48,49)43(36)25-30/h3-25H,1-2H3. The quantitative estimate of drug-likeness (QED) is 0.177. The second-order valence-corrected chi connectivity index (χ2v) is 15.3. The Labute approximate surface area is 288 Å². The number of hydrogen-bond donors (Lipinski definition) is 0. The van der Waals surface area contributed by atoms with Crippen LogP contribution in [-0.2, 0) is 9.84 Å². The highest BCUT2D eigenvalue weighted by molar-refractivity contribution is 7.92. The molecule has 10 rings (SSSR count). The van der Waals surface area contributed by atoms with Crippen molar-refractivity contribution < 1.29 is 8.42 Å². The van der Waals surface area contributed by atoms with Crippen molar-refractivity contribution in [3.63, 3.8) is 0 Å². The van der Waals surface area contributed by atoms with E-state index in [1.54, 1.807) is 18.2 Å². The van der Waals surface area contributed by atoms with Crippen molar-refractivity contribution in [2.75, 3.05) is 0 Å². The molecule has 0 N–H and O–H groups in total. The normalized spacial score (nSPS) is 13.4. The number of hydrogen-bond acceptors (Lipinski definition) is 3. The lowest BCUT2D eigenvalue weighted by atomic mass is 9.92. The van der Waals surface area contributed by atoms with Crippen LogP contribution in [0.4, 0.5) is 0 Å². The fourth-order valence-electron chi connectivity index (χ4n) is 8.14. The van der Waals surface area contributed by atoms with Crippen molar-refractivity contribution in [2.24, 2.45) is 0 Å². The Morgan fingerprint density at radius 2 is 1.00 bits per heavy atom. The number of fused-ring (bicyclic) bond motifs is 8. The van der Waals surface area contributed by atoms with Gasteiger partial charge in [-0.25, -0.2) is 8.42 Å². The van der Waals surface area contributed by atoms with E-state index in [4.69, 9.17) is 0 Å². The molecule has 9 aromatic rings. The van der Waals surface area contributed by atoms with Crippen LogP contribution in [0.1, 0.15) is 11.1 Å². The molecule has 0 spiro atoms. The maximum atomic E-state index is 14.1. The van der Waals surface area contributed by atoms with Crippen LogP contribution in [0.25, 0.3) is 82.5 Å². The Kier molecular flexibility index (Phi) is 5.92. The molecule has 0 radical (unpaired) electrons. The number of nitrogens with zero attached hydrogens (tertiary/aromatic N) is 1. The summed E-state index contributed by atoms with van der Waals surface area (Å²) in [5.41, 5.74) is 11.9. The second kappa shape index (κ2) is 10.2. The Balaban J connectivity index is 1.22. The Bertz CT molecular complexity index is 3100. The molecule has 3 heterocycles. The van der Waals surface area contributed by atoms with Crippen LogP contribution in [0.3, 0.4) is 0 Å². The Morgan fingerprint density at radius 3 is 1.78 bits per heavy atom. The number of aryl methyl sites for hydroxylation is 2. The molecule has 0 saturated carbocycles. The molecule has 0 atom stereocenters. The zero-order valence-electron chi connectivity index (χ0n) is 27.4. The van der Waals surface area contributed by atoms with Gasteiger partial charge in [0.25, 0.3) is 5.56 Å². The molecular formula is C45H29NO3S. The zero-order valence-corrected chi connectivity index (χ0v) is 28.2. The summed E-state index contributed by atoms with van der Waals surface area (Å²) < 4.78 is 29.0. The van der Waals surface area contributed by atoms with Crippen LogP contribution in [0, 0.1) is 13.8 Å². The molecule has 0 fully saturated rings. The van der Waals surface area contributed by atoms with Crippen LogP contribution in [0.15, 0.2) is 154 Å². The molecular weight excluding hydrogens is 635 g/mol. The molecule has 0 amide bonds. The summed E-state index contributed by atoms with van der Waals surface area (Å²) in [7, 11) is -3.62. The lowest BCUT2D eigenvalue weighted by Crippen LogP contribution is -2.12. The van der Waals surface area contributed by atoms with Gasteiger partial charge in [-0.1, -0.05) is 97.1 Å². The maximum absolute atomic E-state index is 14.1. The van der Waals surface area contributed by atoms with E-state index in [0.29, 0.717) is 15.2 Å². The summed E-state index contributed by atoms with van der Waals surface area (Å²) in [4.78, 5) is 14.8. The molecule has 50 heavy (non-hydrogen) atoms. The predicted molar refractivity (Wildman–Crippen MR) is 204 cm³/mol. The largest absolute Gasteiger partial charge is 0.275 e. The van der Waals surface area contributed by atoms with Crippen molar-refractivity contribution in [3.05, 3.63) is 161 Å². The van der Waals surface area contributed by atoms with Gasteiger partial charge in [0, 0.05) is 32.7 Å². The first-order valence-electron chi connectivity index (χ1n) is 16.7. The average molecular weight is 664 g/mol. The van der Waals surface area contributed by atoms with Crippen molar-refractivity contribution >= 4 is 47.8 Å². The van der Waals surface area contributed by atoms with Crippen LogP contribution < -0.4 is 5.56 Å². The lowest BCUT2D eigenvalue weighted by molar-refractivity contribution is 0.598. The smallest absolute Gasteiger partial charge is 0.263 e. The van der Waals surface area contributed by atoms with Crippen LogP contribution in [0.5, 0.6) is 0 Å². The minimum atomic E-state index is -3.62. The highest BCUT2D eigenvalue weighted by atomic mass is 32.2. The second-order valence-electron chi connectivity index (χ2n) is 13.4. The third-order valence-electron chi connectivity index (χ3n) is 10.6. The van der Waals surface area contributed by atoms with E-state index >= 15 is 0 Å². The molecule has 7 aromatic carbocycles. The van der Waals surface area contributed by atoms with Gasteiger partial charge in [-0.05, 0) is 106 Å². The molecule has 0 saturated heterocycles. The van der Waals surface area contributed by atoms with Gasteiger partial charge >= 0.3 is 0 Å². The molecule has 0 unspecified atom stereocenters. The number of pyridine rings is 1. The molecule has 0 aliphatic carbocycles. The highest BCUT2D eigenvalue weighted by Crippen LogP contribution is 2.45. The van der Waals surface area contributed by atoms with E-state index in [9.17, 15) is 13.2 Å². The van der Waals surface area contributed by atoms with Crippen molar-refractivity contribution in [1.29, 1.82) is 0 Å². The minimum absolute atomic E-state index is 0.0478. The van der Waals surface area contributed by atoms with Crippen LogP contribution >= 0.6 is 0 Å². The van der Waals surface area contributed by atoms with Gasteiger partial charge in [-0.2, -0.15) is 0 Å². The summed E-state index contributed by atoms with van der Waals surface area (Å²) in [5.74, 6) is 0. The van der Waals surface area contributed by atoms with Gasteiger partial charge in [0.05, 0.1) is 20.8 Å². The van der Waals surface area contributed by atoms with Gasteiger partial charge in [-0.3, -0.25) is 9.20 Å². The fourth-order valence-corrected chi connectivity index (χ4v) is 9.86. The summed E-state index contributed by atoms with van der Waals surface area (Å²) in [6.45, 7) is 4.31. The highest BCUT2D eigenvalue weighted by Gasteiger charge is 2.32. The van der Waals surface area contributed by atoms with Crippen molar-refractivity contribution in [1.82, 2.24) is 4.40 Å². The van der Waals surface area contributed by atoms with E-state index in [1.165, 1.54) is 22.3 Å². The first kappa shape index (κ1) is 28.9. The Morgan fingerprint density at radius 1 is 0.440 bits per heavy atom. The minimum Gasteiger partial charge on any atom is -0.275 e. The van der Waals surface area contributed by atoms with E-state index in [1.807, 2.05) is 65.1 Å². The number of sulfone groups is 1. The molecule has 5 heteroatoms. The molecule has 0 bridgehead atoms. The molecule has 2 aromatic heterocycles. The van der Waals surface area contributed by atoms with Crippen LogP contribution in [0.2, 0.25) is 0 Å². The summed E-state index contributed by atoms with van der Waals surface area (Å²) >= 11 is 0. The average Bonchev–Trinajstić information content (AvgIpc) is 3.59.